The van der Waals surface area contributed by atoms with Crippen LogP contribution in [0.25, 0.3) is 0 Å². The van der Waals surface area contributed by atoms with Crippen LogP contribution in [-0.4, -0.2) is 17.1 Å². The van der Waals surface area contributed by atoms with Crippen molar-refractivity contribution in [3.63, 3.8) is 0 Å². The molecule has 0 aliphatic rings. The zero-order valence-electron chi connectivity index (χ0n) is 9.60. The maximum atomic E-state index is 11.0. The Morgan fingerprint density at radius 2 is 2.41 bits per heavy atom. The average Bonchev–Trinajstić information content (AvgIpc) is 2.30. The summed E-state index contributed by atoms with van der Waals surface area (Å²) in [5.74, 6) is -0.961. The third-order valence-corrected chi connectivity index (χ3v) is 2.41. The van der Waals surface area contributed by atoms with Crippen molar-refractivity contribution in [2.75, 3.05) is 5.32 Å². The summed E-state index contributed by atoms with van der Waals surface area (Å²) in [5.41, 5.74) is 1.86. The number of hydrogen-bond acceptors (Lipinski definition) is 3. The topological polar surface area (TPSA) is 73.1 Å². The van der Waals surface area contributed by atoms with Crippen molar-refractivity contribution >= 4 is 11.7 Å². The van der Waals surface area contributed by atoms with E-state index in [1.165, 1.54) is 6.08 Å². The molecule has 0 heterocycles. The Bertz CT molecular complexity index is 475. The largest absolute Gasteiger partial charge is 0.480 e. The first-order chi connectivity index (χ1) is 8.10. The summed E-state index contributed by atoms with van der Waals surface area (Å²) < 4.78 is 0. The van der Waals surface area contributed by atoms with Crippen LogP contribution in [0.2, 0.25) is 0 Å². The molecule has 1 aromatic carbocycles. The normalized spacial score (nSPS) is 11.3. The van der Waals surface area contributed by atoms with E-state index < -0.39 is 12.0 Å². The van der Waals surface area contributed by atoms with E-state index in [0.717, 1.165) is 5.56 Å². The Balaban J connectivity index is 3.04. The molecule has 1 aromatic rings. The summed E-state index contributed by atoms with van der Waals surface area (Å²) in [6.45, 7) is 5.35. The minimum atomic E-state index is -0.961. The molecule has 2 N–H and O–H groups in total. The number of carbonyl (C=O) groups is 1. The number of anilines is 1. The van der Waals surface area contributed by atoms with Gasteiger partial charge in [0.2, 0.25) is 0 Å². The van der Waals surface area contributed by atoms with Crippen LogP contribution in [0.15, 0.2) is 30.9 Å². The fourth-order valence-electron chi connectivity index (χ4n) is 1.51. The molecule has 88 valence electrons. The standard InChI is InChI=1S/C13H14N2O2/c1-3-5-11(13(16)17)15-12-9(2)6-4-7-10(12)8-14/h3-4,6-7,11,15H,1,5H2,2H3,(H,16,17). The molecule has 0 aliphatic carbocycles. The zero-order valence-corrected chi connectivity index (χ0v) is 9.60. The second kappa shape index (κ2) is 5.71. The summed E-state index contributed by atoms with van der Waals surface area (Å²) in [6.07, 6.45) is 1.84. The van der Waals surface area contributed by atoms with E-state index in [9.17, 15) is 4.79 Å². The van der Waals surface area contributed by atoms with Gasteiger partial charge in [0.25, 0.3) is 0 Å². The molecule has 4 heteroatoms. The van der Waals surface area contributed by atoms with Crippen LogP contribution in [0.3, 0.4) is 0 Å². The molecular weight excluding hydrogens is 216 g/mol. The van der Waals surface area contributed by atoms with Gasteiger partial charge in [-0.15, -0.1) is 6.58 Å². The molecule has 1 rings (SSSR count). The van der Waals surface area contributed by atoms with Gasteiger partial charge in [0, 0.05) is 0 Å². The molecule has 1 atom stereocenters. The summed E-state index contributed by atoms with van der Waals surface area (Å²) in [6, 6.07) is 6.53. The molecule has 0 aliphatic heterocycles. The quantitative estimate of drug-likeness (QED) is 0.761. The van der Waals surface area contributed by atoms with Gasteiger partial charge in [-0.25, -0.2) is 4.79 Å². The van der Waals surface area contributed by atoms with Crippen molar-refractivity contribution in [1.82, 2.24) is 0 Å². The van der Waals surface area contributed by atoms with Crippen LogP contribution in [0.4, 0.5) is 5.69 Å². The predicted octanol–water partition coefficient (Wildman–Crippen LogP) is 2.31. The lowest BCUT2D eigenvalue weighted by Crippen LogP contribution is -2.29. The number of hydrogen-bond donors (Lipinski definition) is 2. The van der Waals surface area contributed by atoms with Crippen LogP contribution < -0.4 is 5.32 Å². The molecule has 17 heavy (non-hydrogen) atoms. The molecule has 4 nitrogen and oxygen atoms in total. The van der Waals surface area contributed by atoms with E-state index in [1.54, 1.807) is 12.1 Å². The minimum Gasteiger partial charge on any atom is -0.480 e. The number of nitriles is 1. The number of carboxylic acids is 1. The first-order valence-electron chi connectivity index (χ1n) is 5.20. The number of nitrogens with one attached hydrogen (secondary N) is 1. The summed E-state index contributed by atoms with van der Waals surface area (Å²) in [7, 11) is 0. The smallest absolute Gasteiger partial charge is 0.326 e. The molecule has 0 radical (unpaired) electrons. The van der Waals surface area contributed by atoms with Crippen molar-refractivity contribution in [3.05, 3.63) is 42.0 Å². The molecule has 0 aromatic heterocycles. The average molecular weight is 230 g/mol. The fraction of sp³-hybridized carbons (Fsp3) is 0.231. The van der Waals surface area contributed by atoms with E-state index in [0.29, 0.717) is 17.7 Å². The third kappa shape index (κ3) is 3.08. The number of rotatable bonds is 5. The Kier molecular flexibility index (Phi) is 4.29. The highest BCUT2D eigenvalue weighted by Gasteiger charge is 2.17. The Morgan fingerprint density at radius 1 is 1.71 bits per heavy atom. The number of benzene rings is 1. The molecule has 1 unspecified atom stereocenters. The van der Waals surface area contributed by atoms with Crippen molar-refractivity contribution in [1.29, 1.82) is 5.26 Å². The van der Waals surface area contributed by atoms with E-state index in [2.05, 4.69) is 11.9 Å². The van der Waals surface area contributed by atoms with Crippen LogP contribution in [0.5, 0.6) is 0 Å². The number of aryl methyl sites for hydroxylation is 1. The lowest BCUT2D eigenvalue weighted by Gasteiger charge is -2.16. The van der Waals surface area contributed by atoms with Crippen molar-refractivity contribution < 1.29 is 9.90 Å². The molecule has 0 fully saturated rings. The maximum absolute atomic E-state index is 11.0. The minimum absolute atomic E-state index is 0.300. The van der Waals surface area contributed by atoms with Gasteiger partial charge in [-0.2, -0.15) is 5.26 Å². The summed E-state index contributed by atoms with van der Waals surface area (Å²) >= 11 is 0. The van der Waals surface area contributed by atoms with Gasteiger partial charge in [0.1, 0.15) is 12.1 Å². The van der Waals surface area contributed by atoms with Crippen molar-refractivity contribution in [2.24, 2.45) is 0 Å². The van der Waals surface area contributed by atoms with Crippen LogP contribution in [-0.2, 0) is 4.79 Å². The number of carboxylic acid groups (broad SMARTS) is 1. The maximum Gasteiger partial charge on any atom is 0.326 e. The zero-order chi connectivity index (χ0) is 12.8. The van der Waals surface area contributed by atoms with Gasteiger partial charge in [-0.05, 0) is 25.0 Å². The van der Waals surface area contributed by atoms with E-state index in [-0.39, 0.29) is 0 Å². The van der Waals surface area contributed by atoms with E-state index in [4.69, 9.17) is 10.4 Å². The number of para-hydroxylation sites is 1. The molecule has 0 saturated carbocycles. The summed E-state index contributed by atoms with van der Waals surface area (Å²) in [4.78, 5) is 11.0. The SMILES string of the molecule is C=CCC(Nc1c(C)cccc1C#N)C(=O)O. The Hall–Kier alpha value is -2.28. The fourth-order valence-corrected chi connectivity index (χ4v) is 1.51. The Morgan fingerprint density at radius 3 is 2.94 bits per heavy atom. The molecule has 0 spiro atoms. The Labute approximate surface area is 100 Å². The lowest BCUT2D eigenvalue weighted by molar-refractivity contribution is -0.137. The first kappa shape index (κ1) is 12.8. The molecule has 0 amide bonds. The molecule has 0 saturated heterocycles. The monoisotopic (exact) mass is 230 g/mol. The number of nitrogens with zero attached hydrogens (tertiary/aromatic N) is 1. The summed E-state index contributed by atoms with van der Waals surface area (Å²) in [5, 5.41) is 20.9. The van der Waals surface area contributed by atoms with Gasteiger partial charge >= 0.3 is 5.97 Å². The van der Waals surface area contributed by atoms with Crippen LogP contribution in [0.1, 0.15) is 17.5 Å². The van der Waals surface area contributed by atoms with E-state index in [1.807, 2.05) is 19.1 Å². The predicted molar refractivity (Wildman–Crippen MR) is 65.8 cm³/mol. The number of aliphatic carboxylic acids is 1. The highest BCUT2D eigenvalue weighted by molar-refractivity contribution is 5.79. The van der Waals surface area contributed by atoms with Gasteiger partial charge in [-0.3, -0.25) is 0 Å². The van der Waals surface area contributed by atoms with Crippen LogP contribution in [0, 0.1) is 18.3 Å². The third-order valence-electron chi connectivity index (χ3n) is 2.41. The highest BCUT2D eigenvalue weighted by Crippen LogP contribution is 2.21. The highest BCUT2D eigenvalue weighted by atomic mass is 16.4. The first-order valence-corrected chi connectivity index (χ1v) is 5.20. The van der Waals surface area contributed by atoms with Gasteiger partial charge < -0.3 is 10.4 Å². The second-order valence-electron chi connectivity index (χ2n) is 3.67. The van der Waals surface area contributed by atoms with Gasteiger partial charge in [-0.1, -0.05) is 18.2 Å². The molecular formula is C13H14N2O2. The molecule has 0 bridgehead atoms. The van der Waals surface area contributed by atoms with E-state index >= 15 is 0 Å². The lowest BCUT2D eigenvalue weighted by atomic mass is 10.1. The van der Waals surface area contributed by atoms with Crippen molar-refractivity contribution in [3.8, 4) is 6.07 Å². The second-order valence-corrected chi connectivity index (χ2v) is 3.67. The van der Waals surface area contributed by atoms with Crippen LogP contribution >= 0.6 is 0 Å². The van der Waals surface area contributed by atoms with Crippen molar-refractivity contribution in [2.45, 2.75) is 19.4 Å². The van der Waals surface area contributed by atoms with Gasteiger partial charge in [0.05, 0.1) is 11.3 Å². The van der Waals surface area contributed by atoms with Gasteiger partial charge in [0.15, 0.2) is 0 Å².